The summed E-state index contributed by atoms with van der Waals surface area (Å²) in [5.41, 5.74) is 0. The molecule has 90 valence electrons. The number of methoxy groups -OCH3 is 1. The summed E-state index contributed by atoms with van der Waals surface area (Å²) in [4.78, 5) is 33.2. The predicted molar refractivity (Wildman–Crippen MR) is 51.2 cm³/mol. The number of rotatable bonds is 5. The van der Waals surface area contributed by atoms with Crippen LogP contribution >= 0.6 is 0 Å². The molecule has 0 amide bonds. The van der Waals surface area contributed by atoms with E-state index in [1.54, 1.807) is 6.92 Å². The molecule has 0 saturated heterocycles. The third-order valence-electron chi connectivity index (χ3n) is 2.24. The maximum absolute atomic E-state index is 11.3. The molecule has 16 heavy (non-hydrogen) atoms. The van der Waals surface area contributed by atoms with Gasteiger partial charge < -0.3 is 14.2 Å². The Labute approximate surface area is 92.8 Å². The molecule has 0 heterocycles. The van der Waals surface area contributed by atoms with E-state index in [-0.39, 0.29) is 5.97 Å². The van der Waals surface area contributed by atoms with Gasteiger partial charge in [-0.3, -0.25) is 9.59 Å². The number of carbonyl (C=O) groups is 3. The van der Waals surface area contributed by atoms with Crippen molar-refractivity contribution < 1.29 is 28.6 Å². The molecule has 1 fully saturated rings. The monoisotopic (exact) mass is 230 g/mol. The van der Waals surface area contributed by atoms with Gasteiger partial charge in [0.05, 0.1) is 25.6 Å². The number of ether oxygens (including phenoxy) is 3. The molecule has 0 radical (unpaired) electrons. The van der Waals surface area contributed by atoms with Gasteiger partial charge >= 0.3 is 17.9 Å². The Morgan fingerprint density at radius 1 is 1.12 bits per heavy atom. The molecule has 1 aliphatic rings. The third kappa shape index (κ3) is 3.22. The SMILES string of the molecule is CCOC(=O)[C@@H]1C[C@H]1C(=O)OCC(=O)OC. The summed E-state index contributed by atoms with van der Waals surface area (Å²) in [6, 6.07) is 0. The van der Waals surface area contributed by atoms with Gasteiger partial charge in [0, 0.05) is 0 Å². The second-order valence-electron chi connectivity index (χ2n) is 3.38. The van der Waals surface area contributed by atoms with E-state index in [1.165, 1.54) is 7.11 Å². The van der Waals surface area contributed by atoms with Gasteiger partial charge in [0.2, 0.25) is 0 Å². The maximum atomic E-state index is 11.3. The van der Waals surface area contributed by atoms with Crippen LogP contribution in [0.2, 0.25) is 0 Å². The highest BCUT2D eigenvalue weighted by atomic mass is 16.6. The Hall–Kier alpha value is -1.59. The van der Waals surface area contributed by atoms with Crippen LogP contribution in [0.1, 0.15) is 13.3 Å². The summed E-state index contributed by atoms with van der Waals surface area (Å²) < 4.78 is 13.7. The minimum absolute atomic E-state index is 0.291. The van der Waals surface area contributed by atoms with E-state index in [9.17, 15) is 14.4 Å². The van der Waals surface area contributed by atoms with Gasteiger partial charge in [0.25, 0.3) is 0 Å². The summed E-state index contributed by atoms with van der Waals surface area (Å²) in [6.45, 7) is 1.57. The van der Waals surface area contributed by atoms with Crippen LogP contribution in [0.15, 0.2) is 0 Å². The Morgan fingerprint density at radius 2 is 1.69 bits per heavy atom. The molecule has 0 aromatic heterocycles. The van der Waals surface area contributed by atoms with E-state index in [4.69, 9.17) is 4.74 Å². The first-order valence-electron chi connectivity index (χ1n) is 5.00. The third-order valence-corrected chi connectivity index (χ3v) is 2.24. The number of hydrogen-bond donors (Lipinski definition) is 0. The fourth-order valence-corrected chi connectivity index (χ4v) is 1.26. The van der Waals surface area contributed by atoms with Crippen LogP contribution in [0, 0.1) is 11.8 Å². The Balaban J connectivity index is 2.26. The zero-order chi connectivity index (χ0) is 12.1. The molecule has 0 aliphatic heterocycles. The smallest absolute Gasteiger partial charge is 0.344 e. The van der Waals surface area contributed by atoms with Crippen molar-refractivity contribution in [2.24, 2.45) is 11.8 Å². The largest absolute Gasteiger partial charge is 0.466 e. The molecule has 1 aliphatic carbocycles. The minimum Gasteiger partial charge on any atom is -0.466 e. The van der Waals surface area contributed by atoms with E-state index in [1.807, 2.05) is 0 Å². The predicted octanol–water partition coefficient (Wildman–Crippen LogP) is -0.0982. The molecular formula is C10H14O6. The first-order chi connectivity index (χ1) is 7.60. The highest BCUT2D eigenvalue weighted by Crippen LogP contribution is 2.40. The van der Waals surface area contributed by atoms with E-state index in [0.29, 0.717) is 13.0 Å². The second kappa shape index (κ2) is 5.48. The lowest BCUT2D eigenvalue weighted by Crippen LogP contribution is -2.18. The second-order valence-corrected chi connectivity index (χ2v) is 3.38. The number of hydrogen-bond acceptors (Lipinski definition) is 6. The van der Waals surface area contributed by atoms with Crippen LogP contribution in [-0.2, 0) is 28.6 Å². The van der Waals surface area contributed by atoms with E-state index in [2.05, 4.69) is 9.47 Å². The molecule has 1 saturated carbocycles. The van der Waals surface area contributed by atoms with Crippen LogP contribution in [-0.4, -0.2) is 38.2 Å². The zero-order valence-electron chi connectivity index (χ0n) is 9.23. The normalized spacial score (nSPS) is 22.1. The molecule has 2 atom stereocenters. The average Bonchev–Trinajstić information content (AvgIpc) is 3.05. The molecule has 1 rings (SSSR count). The lowest BCUT2D eigenvalue weighted by molar-refractivity contribution is -0.159. The van der Waals surface area contributed by atoms with Crippen LogP contribution in [0.25, 0.3) is 0 Å². The first kappa shape index (κ1) is 12.5. The Kier molecular flexibility index (Phi) is 4.28. The van der Waals surface area contributed by atoms with Crippen molar-refractivity contribution in [2.45, 2.75) is 13.3 Å². The molecule has 0 aromatic carbocycles. The van der Waals surface area contributed by atoms with Crippen molar-refractivity contribution in [3.8, 4) is 0 Å². The van der Waals surface area contributed by atoms with Crippen LogP contribution < -0.4 is 0 Å². The molecule has 0 unspecified atom stereocenters. The van der Waals surface area contributed by atoms with Crippen LogP contribution in [0.3, 0.4) is 0 Å². The highest BCUT2D eigenvalue weighted by molar-refractivity contribution is 5.88. The topological polar surface area (TPSA) is 78.9 Å². The van der Waals surface area contributed by atoms with Gasteiger partial charge in [0.1, 0.15) is 0 Å². The van der Waals surface area contributed by atoms with E-state index >= 15 is 0 Å². The van der Waals surface area contributed by atoms with Crippen LogP contribution in [0.5, 0.6) is 0 Å². The quantitative estimate of drug-likeness (QED) is 0.485. The maximum Gasteiger partial charge on any atom is 0.344 e. The van der Waals surface area contributed by atoms with E-state index < -0.39 is 30.4 Å². The minimum atomic E-state index is -0.623. The summed E-state index contributed by atoms with van der Waals surface area (Å²) in [5, 5.41) is 0. The standard InChI is InChI=1S/C10H14O6/c1-3-15-9(12)6-4-7(6)10(13)16-5-8(11)14-2/h6-7H,3-5H2,1-2H3/t6-,7-/m1/s1. The molecule has 6 heteroatoms. The summed E-state index contributed by atoms with van der Waals surface area (Å²) in [6.07, 6.45) is 0.429. The van der Waals surface area contributed by atoms with Crippen molar-refractivity contribution in [1.29, 1.82) is 0 Å². The lowest BCUT2D eigenvalue weighted by atomic mass is 10.3. The number of esters is 3. The Morgan fingerprint density at radius 3 is 2.19 bits per heavy atom. The molecule has 6 nitrogen and oxygen atoms in total. The first-order valence-corrected chi connectivity index (χ1v) is 5.00. The van der Waals surface area contributed by atoms with E-state index in [0.717, 1.165) is 0 Å². The van der Waals surface area contributed by atoms with Crippen molar-refractivity contribution in [3.05, 3.63) is 0 Å². The van der Waals surface area contributed by atoms with Crippen molar-refractivity contribution >= 4 is 17.9 Å². The van der Waals surface area contributed by atoms with Crippen molar-refractivity contribution in [1.82, 2.24) is 0 Å². The Bertz CT molecular complexity index is 298. The van der Waals surface area contributed by atoms with Gasteiger partial charge in [-0.05, 0) is 13.3 Å². The number of carbonyl (C=O) groups excluding carboxylic acids is 3. The summed E-state index contributed by atoms with van der Waals surface area (Å²) >= 11 is 0. The van der Waals surface area contributed by atoms with Crippen molar-refractivity contribution in [3.63, 3.8) is 0 Å². The fourth-order valence-electron chi connectivity index (χ4n) is 1.26. The zero-order valence-corrected chi connectivity index (χ0v) is 9.23. The molecule has 0 aromatic rings. The molecule has 0 N–H and O–H groups in total. The summed E-state index contributed by atoms with van der Waals surface area (Å²) in [5.74, 6) is -2.44. The van der Waals surface area contributed by atoms with Gasteiger partial charge in [-0.2, -0.15) is 0 Å². The van der Waals surface area contributed by atoms with Crippen LogP contribution in [0.4, 0.5) is 0 Å². The lowest BCUT2D eigenvalue weighted by Gasteiger charge is -2.02. The highest BCUT2D eigenvalue weighted by Gasteiger charge is 2.50. The van der Waals surface area contributed by atoms with Gasteiger partial charge in [-0.15, -0.1) is 0 Å². The summed E-state index contributed by atoms with van der Waals surface area (Å²) in [7, 11) is 1.20. The molecule has 0 bridgehead atoms. The molecule has 0 spiro atoms. The van der Waals surface area contributed by atoms with Gasteiger partial charge in [-0.1, -0.05) is 0 Å². The van der Waals surface area contributed by atoms with Gasteiger partial charge in [-0.25, -0.2) is 4.79 Å². The van der Waals surface area contributed by atoms with Gasteiger partial charge in [0.15, 0.2) is 6.61 Å². The molecular weight excluding hydrogens is 216 g/mol. The fraction of sp³-hybridized carbons (Fsp3) is 0.700. The average molecular weight is 230 g/mol. The van der Waals surface area contributed by atoms with Crippen molar-refractivity contribution in [2.75, 3.05) is 20.3 Å².